The molecule has 0 bridgehead atoms. The second-order valence-corrected chi connectivity index (χ2v) is 4.66. The molecule has 16 heavy (non-hydrogen) atoms. The van der Waals surface area contributed by atoms with Gasteiger partial charge < -0.3 is 19.9 Å². The maximum Gasteiger partial charge on any atom is 0.352 e. The van der Waals surface area contributed by atoms with Gasteiger partial charge in [-0.15, -0.1) is 0 Å². The van der Waals surface area contributed by atoms with Crippen LogP contribution < -0.4 is 5.32 Å². The molecule has 1 aliphatic heterocycles. The number of carbonyl (C=O) groups excluding carboxylic acids is 1. The van der Waals surface area contributed by atoms with E-state index in [0.29, 0.717) is 6.54 Å². The van der Waals surface area contributed by atoms with Gasteiger partial charge in [-0.3, -0.25) is 0 Å². The molecule has 0 unspecified atom stereocenters. The number of carboxylic acid groups (broad SMARTS) is 1. The van der Waals surface area contributed by atoms with Crippen molar-refractivity contribution < 1.29 is 24.2 Å². The molecule has 0 aromatic heterocycles. The predicted octanol–water partition coefficient (Wildman–Crippen LogP) is -0.229. The van der Waals surface area contributed by atoms with Crippen LogP contribution in [0.2, 0.25) is 0 Å². The number of rotatable bonds is 2. The monoisotopic (exact) mass is 231 g/mol. The molecule has 1 aliphatic rings. The van der Waals surface area contributed by atoms with Crippen molar-refractivity contribution in [3.05, 3.63) is 0 Å². The summed E-state index contributed by atoms with van der Waals surface area (Å²) in [6.45, 7) is 5.66. The zero-order valence-electron chi connectivity index (χ0n) is 9.70. The number of hydrogen-bond donors (Lipinski definition) is 2. The second-order valence-electron chi connectivity index (χ2n) is 4.66. The molecule has 6 nitrogen and oxygen atoms in total. The summed E-state index contributed by atoms with van der Waals surface area (Å²) < 4.78 is 10.2. The third-order valence-corrected chi connectivity index (χ3v) is 2.08. The number of aliphatic carboxylic acids is 1. The molecular formula is C10H17NO5. The van der Waals surface area contributed by atoms with E-state index in [4.69, 9.17) is 14.6 Å². The Balaban J connectivity index is 2.85. The fraction of sp³-hybridized carbons (Fsp3) is 0.800. The van der Waals surface area contributed by atoms with Gasteiger partial charge in [0.05, 0.1) is 6.61 Å². The molecule has 2 N–H and O–H groups in total. The fourth-order valence-electron chi connectivity index (χ4n) is 1.33. The summed E-state index contributed by atoms with van der Waals surface area (Å²) in [5.41, 5.74) is -2.65. The topological polar surface area (TPSA) is 84.9 Å². The van der Waals surface area contributed by atoms with Crippen molar-refractivity contribution >= 4 is 11.9 Å². The molecule has 1 fully saturated rings. The minimum atomic E-state index is -1.91. The largest absolute Gasteiger partial charge is 0.479 e. The van der Waals surface area contributed by atoms with E-state index >= 15 is 0 Å². The van der Waals surface area contributed by atoms with Gasteiger partial charge in [0, 0.05) is 13.1 Å². The Morgan fingerprint density at radius 3 is 2.44 bits per heavy atom. The average Bonchev–Trinajstić information content (AvgIpc) is 2.16. The maximum absolute atomic E-state index is 11.8. The lowest BCUT2D eigenvalue weighted by molar-refractivity contribution is -0.197. The van der Waals surface area contributed by atoms with Crippen LogP contribution in [0, 0.1) is 0 Å². The van der Waals surface area contributed by atoms with Crippen molar-refractivity contribution in [1.82, 2.24) is 5.32 Å². The van der Waals surface area contributed by atoms with Gasteiger partial charge in [0.15, 0.2) is 0 Å². The maximum atomic E-state index is 11.8. The number of carbonyl (C=O) groups is 2. The fourth-order valence-corrected chi connectivity index (χ4v) is 1.33. The molecule has 1 atom stereocenters. The number of morpholine rings is 1. The van der Waals surface area contributed by atoms with E-state index in [2.05, 4.69) is 5.32 Å². The van der Waals surface area contributed by atoms with Gasteiger partial charge in [0.25, 0.3) is 5.60 Å². The quantitative estimate of drug-likeness (QED) is 0.504. The van der Waals surface area contributed by atoms with Crippen LogP contribution in [0.5, 0.6) is 0 Å². The van der Waals surface area contributed by atoms with Gasteiger partial charge in [0.2, 0.25) is 0 Å². The molecule has 0 saturated carbocycles. The highest BCUT2D eigenvalue weighted by Gasteiger charge is 2.51. The first kappa shape index (κ1) is 12.9. The van der Waals surface area contributed by atoms with Gasteiger partial charge in [-0.1, -0.05) is 0 Å². The zero-order valence-corrected chi connectivity index (χ0v) is 9.70. The van der Waals surface area contributed by atoms with Crippen LogP contribution in [0.25, 0.3) is 0 Å². The molecule has 1 heterocycles. The summed E-state index contributed by atoms with van der Waals surface area (Å²) in [5.74, 6) is -2.19. The summed E-state index contributed by atoms with van der Waals surface area (Å²) in [4.78, 5) is 22.9. The van der Waals surface area contributed by atoms with E-state index in [0.717, 1.165) is 0 Å². The zero-order chi connectivity index (χ0) is 12.4. The summed E-state index contributed by atoms with van der Waals surface area (Å²) in [6, 6.07) is 0. The van der Waals surface area contributed by atoms with Crippen LogP contribution in [0.4, 0.5) is 0 Å². The van der Waals surface area contributed by atoms with Crippen LogP contribution in [0.15, 0.2) is 0 Å². The van der Waals surface area contributed by atoms with E-state index in [-0.39, 0.29) is 13.2 Å². The van der Waals surface area contributed by atoms with Gasteiger partial charge in [0.1, 0.15) is 5.60 Å². The van der Waals surface area contributed by atoms with Gasteiger partial charge in [-0.05, 0) is 20.8 Å². The normalized spacial score (nSPS) is 26.2. The molecule has 0 spiro atoms. The average molecular weight is 231 g/mol. The minimum Gasteiger partial charge on any atom is -0.479 e. The molecule has 6 heteroatoms. The van der Waals surface area contributed by atoms with Gasteiger partial charge in [-0.25, -0.2) is 9.59 Å². The van der Waals surface area contributed by atoms with Crippen molar-refractivity contribution in [3.8, 4) is 0 Å². The number of hydrogen-bond acceptors (Lipinski definition) is 5. The Bertz CT molecular complexity index is 288. The SMILES string of the molecule is CC(C)(C)OC(=O)[C@]1(C(=O)O)CNCCO1. The standard InChI is InChI=1S/C10H17NO5/c1-9(2,3)16-8(14)10(7(12)13)6-11-4-5-15-10/h11H,4-6H2,1-3H3,(H,12,13)/t10-/m1/s1. The van der Waals surface area contributed by atoms with E-state index in [1.54, 1.807) is 20.8 Å². The smallest absolute Gasteiger partial charge is 0.352 e. The summed E-state index contributed by atoms with van der Waals surface area (Å²) >= 11 is 0. The molecule has 1 rings (SSSR count). The summed E-state index contributed by atoms with van der Waals surface area (Å²) in [6.07, 6.45) is 0. The van der Waals surface area contributed by atoms with Gasteiger partial charge >= 0.3 is 11.9 Å². The lowest BCUT2D eigenvalue weighted by Gasteiger charge is -2.33. The Morgan fingerprint density at radius 2 is 2.06 bits per heavy atom. The van der Waals surface area contributed by atoms with Gasteiger partial charge in [-0.2, -0.15) is 0 Å². The van der Waals surface area contributed by atoms with Crippen LogP contribution in [0.3, 0.4) is 0 Å². The van der Waals surface area contributed by atoms with Crippen LogP contribution in [-0.2, 0) is 19.1 Å². The van der Waals surface area contributed by atoms with Crippen molar-refractivity contribution in [2.24, 2.45) is 0 Å². The number of esters is 1. The Labute approximate surface area is 93.9 Å². The van der Waals surface area contributed by atoms with Crippen molar-refractivity contribution in [2.75, 3.05) is 19.7 Å². The number of carboxylic acids is 1. The second kappa shape index (κ2) is 4.39. The van der Waals surface area contributed by atoms with Crippen LogP contribution in [0.1, 0.15) is 20.8 Å². The summed E-state index contributed by atoms with van der Waals surface area (Å²) in [7, 11) is 0. The Morgan fingerprint density at radius 1 is 1.44 bits per heavy atom. The first-order valence-corrected chi connectivity index (χ1v) is 5.09. The molecule has 0 amide bonds. The first-order chi connectivity index (χ1) is 7.28. The number of ether oxygens (including phenoxy) is 2. The van der Waals surface area contributed by atoms with E-state index in [9.17, 15) is 9.59 Å². The van der Waals surface area contributed by atoms with Crippen molar-refractivity contribution in [3.63, 3.8) is 0 Å². The number of nitrogens with one attached hydrogen (secondary N) is 1. The van der Waals surface area contributed by atoms with Crippen molar-refractivity contribution in [2.45, 2.75) is 32.0 Å². The van der Waals surface area contributed by atoms with E-state index in [1.165, 1.54) is 0 Å². The van der Waals surface area contributed by atoms with Crippen LogP contribution >= 0.6 is 0 Å². The minimum absolute atomic E-state index is 0.0722. The van der Waals surface area contributed by atoms with Crippen LogP contribution in [-0.4, -0.2) is 47.9 Å². The molecule has 92 valence electrons. The predicted molar refractivity (Wildman–Crippen MR) is 55.0 cm³/mol. The Hall–Kier alpha value is -1.14. The third-order valence-electron chi connectivity index (χ3n) is 2.08. The molecule has 0 aromatic rings. The Kier molecular flexibility index (Phi) is 3.54. The molecule has 1 saturated heterocycles. The highest BCUT2D eigenvalue weighted by Crippen LogP contribution is 2.20. The molecular weight excluding hydrogens is 214 g/mol. The lowest BCUT2D eigenvalue weighted by atomic mass is 10.0. The molecule has 0 radical (unpaired) electrons. The van der Waals surface area contributed by atoms with E-state index < -0.39 is 23.1 Å². The first-order valence-electron chi connectivity index (χ1n) is 5.09. The van der Waals surface area contributed by atoms with Crippen molar-refractivity contribution in [1.29, 1.82) is 0 Å². The molecule has 0 aromatic carbocycles. The third kappa shape index (κ3) is 2.70. The molecule has 0 aliphatic carbocycles. The highest BCUT2D eigenvalue weighted by molar-refractivity contribution is 6.03. The summed E-state index contributed by atoms with van der Waals surface area (Å²) in [5, 5.41) is 11.9. The lowest BCUT2D eigenvalue weighted by Crippen LogP contribution is -2.61. The van der Waals surface area contributed by atoms with E-state index in [1.807, 2.05) is 0 Å². The highest BCUT2D eigenvalue weighted by atomic mass is 16.6.